The summed E-state index contributed by atoms with van der Waals surface area (Å²) in [5, 5.41) is 11.2. The lowest BCUT2D eigenvalue weighted by molar-refractivity contribution is -0.118. The first-order valence-electron chi connectivity index (χ1n) is 10.2. The van der Waals surface area contributed by atoms with Crippen molar-refractivity contribution in [2.45, 2.75) is 18.3 Å². The molecule has 0 spiro atoms. The second-order valence-electron chi connectivity index (χ2n) is 7.15. The zero-order chi connectivity index (χ0) is 23.0. The van der Waals surface area contributed by atoms with E-state index in [-0.39, 0.29) is 17.2 Å². The van der Waals surface area contributed by atoms with Crippen molar-refractivity contribution in [2.24, 2.45) is 0 Å². The molecule has 2 aromatic heterocycles. The van der Waals surface area contributed by atoms with E-state index in [4.69, 9.17) is 9.15 Å². The molecule has 0 saturated heterocycles. The van der Waals surface area contributed by atoms with Gasteiger partial charge in [0.25, 0.3) is 10.8 Å². The quantitative estimate of drug-likeness (QED) is 0.381. The molecule has 0 bridgehead atoms. The fourth-order valence-electron chi connectivity index (χ4n) is 3.05. The highest BCUT2D eigenvalue weighted by molar-refractivity contribution is 7.99. The molecule has 33 heavy (non-hydrogen) atoms. The van der Waals surface area contributed by atoms with Crippen molar-refractivity contribution in [3.63, 3.8) is 0 Å². The predicted octanol–water partition coefficient (Wildman–Crippen LogP) is 3.36. The van der Waals surface area contributed by atoms with Crippen LogP contribution >= 0.6 is 11.8 Å². The van der Waals surface area contributed by atoms with Crippen molar-refractivity contribution in [1.29, 1.82) is 0 Å². The van der Waals surface area contributed by atoms with Crippen molar-refractivity contribution in [3.05, 3.63) is 94.4 Å². The normalized spacial score (nSPS) is 10.7. The van der Waals surface area contributed by atoms with Crippen LogP contribution < -0.4 is 15.6 Å². The van der Waals surface area contributed by atoms with Crippen LogP contribution in [0.4, 0.5) is 0 Å². The van der Waals surface area contributed by atoms with Crippen LogP contribution in [0.2, 0.25) is 0 Å². The molecule has 0 aliphatic heterocycles. The molecule has 0 unspecified atom stereocenters. The van der Waals surface area contributed by atoms with Crippen LogP contribution in [0.3, 0.4) is 0 Å². The lowest BCUT2D eigenvalue weighted by Crippen LogP contribution is -2.24. The lowest BCUT2D eigenvalue weighted by atomic mass is 10.1. The van der Waals surface area contributed by atoms with Gasteiger partial charge >= 0.3 is 0 Å². The van der Waals surface area contributed by atoms with E-state index in [0.717, 1.165) is 22.4 Å². The standard InChI is InChI=1S/C24H22N4O4S/c1-31-20-11-9-19(10-12-20)23-26-27-24(32-23)33-16-21(29)25-14-17-5-7-18(8-6-17)15-28-13-3-2-4-22(28)30/h2-13H,14-16H2,1H3,(H,25,29). The number of methoxy groups -OCH3 is 1. The number of hydrogen-bond acceptors (Lipinski definition) is 7. The number of hydrogen-bond donors (Lipinski definition) is 1. The molecule has 0 radical (unpaired) electrons. The zero-order valence-corrected chi connectivity index (χ0v) is 18.7. The van der Waals surface area contributed by atoms with Crippen LogP contribution in [-0.2, 0) is 17.9 Å². The highest BCUT2D eigenvalue weighted by atomic mass is 32.2. The number of pyridine rings is 1. The highest BCUT2D eigenvalue weighted by Gasteiger charge is 2.11. The first kappa shape index (κ1) is 22.3. The van der Waals surface area contributed by atoms with Gasteiger partial charge in [-0.2, -0.15) is 0 Å². The molecule has 9 heteroatoms. The van der Waals surface area contributed by atoms with Gasteiger partial charge in [-0.1, -0.05) is 42.1 Å². The number of carbonyl (C=O) groups excluding carboxylic acids is 1. The molecule has 1 amide bonds. The van der Waals surface area contributed by atoms with E-state index < -0.39 is 0 Å². The molecule has 2 aromatic carbocycles. The average Bonchev–Trinajstić information content (AvgIpc) is 3.33. The minimum atomic E-state index is -0.135. The van der Waals surface area contributed by atoms with Gasteiger partial charge in [0.15, 0.2) is 0 Å². The number of nitrogens with one attached hydrogen (secondary N) is 1. The maximum Gasteiger partial charge on any atom is 0.277 e. The van der Waals surface area contributed by atoms with E-state index in [9.17, 15) is 9.59 Å². The lowest BCUT2D eigenvalue weighted by Gasteiger charge is -2.07. The van der Waals surface area contributed by atoms with Crippen molar-refractivity contribution < 1.29 is 13.9 Å². The minimum Gasteiger partial charge on any atom is -0.497 e. The minimum absolute atomic E-state index is 0.0382. The Hall–Kier alpha value is -3.85. The third-order valence-corrected chi connectivity index (χ3v) is 5.65. The maximum atomic E-state index is 12.2. The van der Waals surface area contributed by atoms with E-state index in [1.807, 2.05) is 54.6 Å². The summed E-state index contributed by atoms with van der Waals surface area (Å²) in [6.45, 7) is 0.914. The largest absolute Gasteiger partial charge is 0.497 e. The van der Waals surface area contributed by atoms with Gasteiger partial charge in [0.1, 0.15) is 5.75 Å². The van der Waals surface area contributed by atoms with Gasteiger partial charge in [-0.15, -0.1) is 10.2 Å². The number of nitrogens with zero attached hydrogens (tertiary/aromatic N) is 3. The summed E-state index contributed by atoms with van der Waals surface area (Å²) in [5.74, 6) is 1.16. The third-order valence-electron chi connectivity index (χ3n) is 4.83. The summed E-state index contributed by atoms with van der Waals surface area (Å²) >= 11 is 1.18. The van der Waals surface area contributed by atoms with Crippen LogP contribution in [0.1, 0.15) is 11.1 Å². The monoisotopic (exact) mass is 462 g/mol. The molecular formula is C24H22N4O4S. The SMILES string of the molecule is COc1ccc(-c2nnc(SCC(=O)NCc3ccc(Cn4ccccc4=O)cc3)o2)cc1. The zero-order valence-electron chi connectivity index (χ0n) is 17.9. The van der Waals surface area contributed by atoms with Crippen LogP contribution in [0.15, 0.2) is 87.4 Å². The van der Waals surface area contributed by atoms with Crippen molar-refractivity contribution >= 4 is 17.7 Å². The number of aromatic nitrogens is 3. The fourth-order valence-corrected chi connectivity index (χ4v) is 3.64. The molecule has 0 fully saturated rings. The van der Waals surface area contributed by atoms with E-state index in [2.05, 4.69) is 15.5 Å². The second-order valence-corrected chi connectivity index (χ2v) is 8.08. The van der Waals surface area contributed by atoms with E-state index in [0.29, 0.717) is 24.2 Å². The highest BCUT2D eigenvalue weighted by Crippen LogP contribution is 2.24. The Morgan fingerprint density at radius 2 is 1.79 bits per heavy atom. The Labute approximate surface area is 194 Å². The van der Waals surface area contributed by atoms with Crippen LogP contribution in [-0.4, -0.2) is 33.5 Å². The van der Waals surface area contributed by atoms with Crippen LogP contribution in [0.5, 0.6) is 5.75 Å². The topological polar surface area (TPSA) is 99.2 Å². The van der Waals surface area contributed by atoms with Gasteiger partial charge in [-0.05, 0) is 41.5 Å². The molecule has 0 aliphatic rings. The predicted molar refractivity (Wildman–Crippen MR) is 125 cm³/mol. The fraction of sp³-hybridized carbons (Fsp3) is 0.167. The molecule has 0 aliphatic carbocycles. The average molecular weight is 463 g/mol. The summed E-state index contributed by atoms with van der Waals surface area (Å²) in [4.78, 5) is 24.0. The van der Waals surface area contributed by atoms with Crippen molar-refractivity contribution in [3.8, 4) is 17.2 Å². The maximum absolute atomic E-state index is 12.2. The van der Waals surface area contributed by atoms with Gasteiger partial charge in [0.2, 0.25) is 11.8 Å². The summed E-state index contributed by atoms with van der Waals surface area (Å²) in [6, 6.07) is 20.2. The third kappa shape index (κ3) is 6.11. The summed E-state index contributed by atoms with van der Waals surface area (Å²) in [7, 11) is 1.60. The number of ether oxygens (including phenoxy) is 1. The number of benzene rings is 2. The first-order valence-corrected chi connectivity index (χ1v) is 11.2. The molecule has 4 aromatic rings. The summed E-state index contributed by atoms with van der Waals surface area (Å²) in [6.07, 6.45) is 1.76. The van der Waals surface area contributed by atoms with E-state index in [1.54, 1.807) is 23.9 Å². The van der Waals surface area contributed by atoms with E-state index >= 15 is 0 Å². The number of rotatable bonds is 9. The van der Waals surface area contributed by atoms with Crippen LogP contribution in [0.25, 0.3) is 11.5 Å². The molecule has 168 valence electrons. The molecule has 0 saturated carbocycles. The molecule has 2 heterocycles. The second kappa shape index (κ2) is 10.6. The number of amides is 1. The molecule has 1 N–H and O–H groups in total. The molecule has 8 nitrogen and oxygen atoms in total. The Morgan fingerprint density at radius 3 is 2.52 bits per heavy atom. The molecule has 4 rings (SSSR count). The van der Waals surface area contributed by atoms with Gasteiger partial charge < -0.3 is 19.0 Å². The first-order chi connectivity index (χ1) is 16.1. The van der Waals surface area contributed by atoms with Gasteiger partial charge in [0.05, 0.1) is 19.4 Å². The summed E-state index contributed by atoms with van der Waals surface area (Å²) < 4.78 is 12.4. The Balaban J connectivity index is 1.24. The van der Waals surface area contributed by atoms with E-state index in [1.165, 1.54) is 17.8 Å². The molecule has 0 atom stereocenters. The van der Waals surface area contributed by atoms with Crippen molar-refractivity contribution in [2.75, 3.05) is 12.9 Å². The van der Waals surface area contributed by atoms with Crippen LogP contribution in [0, 0.1) is 0 Å². The van der Waals surface area contributed by atoms with Gasteiger partial charge in [0, 0.05) is 24.4 Å². The van der Waals surface area contributed by atoms with Gasteiger partial charge in [-0.3, -0.25) is 9.59 Å². The Bertz CT molecular complexity index is 1270. The van der Waals surface area contributed by atoms with Gasteiger partial charge in [-0.25, -0.2) is 0 Å². The Morgan fingerprint density at radius 1 is 1.03 bits per heavy atom. The summed E-state index contributed by atoms with van der Waals surface area (Å²) in [5.41, 5.74) is 2.72. The number of carbonyl (C=O) groups is 1. The Kier molecular flexibility index (Phi) is 7.21. The smallest absolute Gasteiger partial charge is 0.277 e. The van der Waals surface area contributed by atoms with Crippen molar-refractivity contribution in [1.82, 2.24) is 20.1 Å². The number of thioether (sulfide) groups is 1. The molecular weight excluding hydrogens is 440 g/mol.